The van der Waals surface area contributed by atoms with Gasteiger partial charge in [-0.05, 0) is 49.4 Å². The molecule has 1 saturated carbocycles. The van der Waals surface area contributed by atoms with Gasteiger partial charge >= 0.3 is 5.97 Å². The molecule has 0 saturated heterocycles. The van der Waals surface area contributed by atoms with E-state index in [2.05, 4.69) is 21.2 Å². The molecule has 0 spiro atoms. The maximum Gasteiger partial charge on any atom is 0.326 e. The van der Waals surface area contributed by atoms with Gasteiger partial charge in [-0.3, -0.25) is 4.79 Å². The minimum atomic E-state index is -0.940. The van der Waals surface area contributed by atoms with E-state index in [0.29, 0.717) is 5.56 Å². The van der Waals surface area contributed by atoms with Crippen LogP contribution in [0.1, 0.15) is 48.0 Å². The first-order chi connectivity index (χ1) is 9.99. The number of hydrogen-bond acceptors (Lipinski definition) is 2. The number of carbonyl (C=O) groups excluding carboxylic acids is 1. The van der Waals surface area contributed by atoms with Crippen molar-refractivity contribution in [2.45, 2.75) is 45.1 Å². The van der Waals surface area contributed by atoms with Gasteiger partial charge in [-0.2, -0.15) is 0 Å². The molecule has 1 aromatic rings. The Morgan fingerprint density at radius 2 is 1.95 bits per heavy atom. The Balaban J connectivity index is 2.12. The molecule has 0 aliphatic heterocycles. The summed E-state index contributed by atoms with van der Waals surface area (Å²) in [7, 11) is 0. The number of aliphatic carboxylic acids is 1. The number of carboxylic acids is 1. The molecule has 1 unspecified atom stereocenters. The second-order valence-electron chi connectivity index (χ2n) is 5.65. The van der Waals surface area contributed by atoms with Crippen LogP contribution in [0.5, 0.6) is 0 Å². The van der Waals surface area contributed by atoms with E-state index in [1.165, 1.54) is 0 Å². The fraction of sp³-hybridized carbons (Fsp3) is 0.500. The first kappa shape index (κ1) is 16.0. The molecular weight excluding hydrogens is 334 g/mol. The highest BCUT2D eigenvalue weighted by Gasteiger charge is 2.31. The largest absolute Gasteiger partial charge is 0.480 e. The van der Waals surface area contributed by atoms with Crippen molar-refractivity contribution in [3.05, 3.63) is 33.8 Å². The molecule has 1 aromatic carbocycles. The quantitative estimate of drug-likeness (QED) is 0.870. The molecule has 4 nitrogen and oxygen atoms in total. The van der Waals surface area contributed by atoms with Gasteiger partial charge in [0.25, 0.3) is 5.91 Å². The molecule has 0 aromatic heterocycles. The van der Waals surface area contributed by atoms with E-state index in [1.54, 1.807) is 12.1 Å². The maximum atomic E-state index is 12.3. The van der Waals surface area contributed by atoms with Crippen LogP contribution in [0.3, 0.4) is 0 Å². The zero-order chi connectivity index (χ0) is 15.4. The number of carboxylic acid groups (broad SMARTS) is 1. The van der Waals surface area contributed by atoms with Gasteiger partial charge in [0.15, 0.2) is 0 Å². The van der Waals surface area contributed by atoms with Crippen LogP contribution in [0.15, 0.2) is 22.7 Å². The van der Waals surface area contributed by atoms with Crippen LogP contribution >= 0.6 is 15.9 Å². The highest BCUT2D eigenvalue weighted by molar-refractivity contribution is 9.10. The summed E-state index contributed by atoms with van der Waals surface area (Å²) in [5, 5.41) is 12.1. The fourth-order valence-corrected chi connectivity index (χ4v) is 3.43. The van der Waals surface area contributed by atoms with Crippen LogP contribution in [-0.2, 0) is 4.79 Å². The third-order valence-corrected chi connectivity index (χ3v) is 4.60. The van der Waals surface area contributed by atoms with Crippen LogP contribution in [0, 0.1) is 12.8 Å². The van der Waals surface area contributed by atoms with Crippen molar-refractivity contribution < 1.29 is 14.7 Å². The zero-order valence-corrected chi connectivity index (χ0v) is 13.6. The Morgan fingerprint density at radius 1 is 1.29 bits per heavy atom. The summed E-state index contributed by atoms with van der Waals surface area (Å²) in [6.07, 6.45) is 4.99. The van der Waals surface area contributed by atoms with Crippen molar-refractivity contribution in [2.75, 3.05) is 0 Å². The summed E-state index contributed by atoms with van der Waals surface area (Å²) in [4.78, 5) is 23.8. The van der Waals surface area contributed by atoms with Gasteiger partial charge in [0.05, 0.1) is 0 Å². The lowest BCUT2D eigenvalue weighted by molar-refractivity contribution is -0.141. The lowest BCUT2D eigenvalue weighted by Crippen LogP contribution is -2.46. The van der Waals surface area contributed by atoms with Crippen molar-refractivity contribution in [3.63, 3.8) is 0 Å². The second kappa shape index (κ2) is 7.07. The van der Waals surface area contributed by atoms with Gasteiger partial charge in [-0.25, -0.2) is 4.79 Å². The lowest BCUT2D eigenvalue weighted by Gasteiger charge is -2.28. The van der Waals surface area contributed by atoms with E-state index in [9.17, 15) is 14.7 Å². The van der Waals surface area contributed by atoms with Gasteiger partial charge in [0, 0.05) is 10.0 Å². The fourth-order valence-electron chi connectivity index (χ4n) is 2.95. The molecule has 114 valence electrons. The molecule has 0 radical (unpaired) electrons. The first-order valence-electron chi connectivity index (χ1n) is 7.29. The molecule has 1 atom stereocenters. The molecule has 1 aliphatic rings. The number of aryl methyl sites for hydroxylation is 1. The van der Waals surface area contributed by atoms with E-state index >= 15 is 0 Å². The van der Waals surface area contributed by atoms with Crippen molar-refractivity contribution in [1.82, 2.24) is 5.32 Å². The van der Waals surface area contributed by atoms with E-state index in [1.807, 2.05) is 13.0 Å². The molecule has 1 aliphatic carbocycles. The average Bonchev–Trinajstić information content (AvgIpc) is 2.45. The molecule has 0 heterocycles. The Kier molecular flexibility index (Phi) is 5.39. The highest BCUT2D eigenvalue weighted by atomic mass is 79.9. The minimum Gasteiger partial charge on any atom is -0.480 e. The average molecular weight is 354 g/mol. The molecule has 5 heteroatoms. The number of amides is 1. The molecule has 1 fully saturated rings. The van der Waals surface area contributed by atoms with Crippen LogP contribution in [0.25, 0.3) is 0 Å². The maximum absolute atomic E-state index is 12.3. The number of halogens is 1. The predicted molar refractivity (Wildman–Crippen MR) is 84.3 cm³/mol. The van der Waals surface area contributed by atoms with Gasteiger partial charge in [0.1, 0.15) is 6.04 Å². The Morgan fingerprint density at radius 3 is 2.52 bits per heavy atom. The number of hydrogen-bond donors (Lipinski definition) is 2. The van der Waals surface area contributed by atoms with Crippen LogP contribution in [-0.4, -0.2) is 23.0 Å². The van der Waals surface area contributed by atoms with E-state index < -0.39 is 12.0 Å². The summed E-state index contributed by atoms with van der Waals surface area (Å²) in [6, 6.07) is 4.57. The number of benzene rings is 1. The van der Waals surface area contributed by atoms with E-state index in [4.69, 9.17) is 0 Å². The third kappa shape index (κ3) is 4.06. The van der Waals surface area contributed by atoms with Crippen LogP contribution in [0.4, 0.5) is 0 Å². The number of rotatable bonds is 4. The molecule has 2 N–H and O–H groups in total. The molecule has 0 bridgehead atoms. The summed E-state index contributed by atoms with van der Waals surface area (Å²) >= 11 is 3.36. The SMILES string of the molecule is Cc1cc(Br)ccc1C(=O)NC(C(=O)O)C1CCCCC1. The zero-order valence-electron chi connectivity index (χ0n) is 12.1. The summed E-state index contributed by atoms with van der Waals surface area (Å²) < 4.78 is 0.901. The Bertz CT molecular complexity index is 538. The normalized spacial score (nSPS) is 17.2. The second-order valence-corrected chi connectivity index (χ2v) is 6.56. The van der Waals surface area contributed by atoms with Crippen LogP contribution < -0.4 is 5.32 Å². The van der Waals surface area contributed by atoms with Gasteiger partial charge in [0.2, 0.25) is 0 Å². The smallest absolute Gasteiger partial charge is 0.326 e. The first-order valence-corrected chi connectivity index (χ1v) is 8.08. The molecule has 21 heavy (non-hydrogen) atoms. The highest BCUT2D eigenvalue weighted by Crippen LogP contribution is 2.27. The third-order valence-electron chi connectivity index (χ3n) is 4.11. The summed E-state index contributed by atoms with van der Waals surface area (Å²) in [6.45, 7) is 1.84. The molecule has 2 rings (SSSR count). The van der Waals surface area contributed by atoms with Crippen molar-refractivity contribution in [1.29, 1.82) is 0 Å². The minimum absolute atomic E-state index is 0.0379. The lowest BCUT2D eigenvalue weighted by atomic mass is 9.83. The van der Waals surface area contributed by atoms with E-state index in [0.717, 1.165) is 42.1 Å². The standard InChI is InChI=1S/C16H20BrNO3/c1-10-9-12(17)7-8-13(10)15(19)18-14(16(20)21)11-5-3-2-4-6-11/h7-9,11,14H,2-6H2,1H3,(H,18,19)(H,20,21). The van der Waals surface area contributed by atoms with Gasteiger partial charge < -0.3 is 10.4 Å². The number of carbonyl (C=O) groups is 2. The number of nitrogens with one attached hydrogen (secondary N) is 1. The molecule has 1 amide bonds. The topological polar surface area (TPSA) is 66.4 Å². The van der Waals surface area contributed by atoms with Crippen molar-refractivity contribution >= 4 is 27.8 Å². The monoisotopic (exact) mass is 353 g/mol. The van der Waals surface area contributed by atoms with Crippen molar-refractivity contribution in [3.8, 4) is 0 Å². The summed E-state index contributed by atoms with van der Waals surface area (Å²) in [5.41, 5.74) is 1.36. The van der Waals surface area contributed by atoms with Crippen LogP contribution in [0.2, 0.25) is 0 Å². The van der Waals surface area contributed by atoms with Crippen molar-refractivity contribution in [2.24, 2.45) is 5.92 Å². The predicted octanol–water partition coefficient (Wildman–Crippen LogP) is 3.52. The van der Waals surface area contributed by atoms with Gasteiger partial charge in [-0.15, -0.1) is 0 Å². The molecular formula is C16H20BrNO3. The Hall–Kier alpha value is -1.36. The van der Waals surface area contributed by atoms with Gasteiger partial charge in [-0.1, -0.05) is 35.2 Å². The Labute approximate surface area is 133 Å². The summed E-state index contributed by atoms with van der Waals surface area (Å²) in [5.74, 6) is -1.21. The van der Waals surface area contributed by atoms with E-state index in [-0.39, 0.29) is 11.8 Å².